The fourth-order valence-corrected chi connectivity index (χ4v) is 4.62. The summed E-state index contributed by atoms with van der Waals surface area (Å²) in [6, 6.07) is 3.41. The third kappa shape index (κ3) is 5.30. The van der Waals surface area contributed by atoms with E-state index in [-0.39, 0.29) is 18.6 Å². The maximum atomic E-state index is 12.8. The minimum Gasteiger partial charge on any atom is -0.493 e. The summed E-state index contributed by atoms with van der Waals surface area (Å²) in [6.07, 6.45) is 3.74. The van der Waals surface area contributed by atoms with E-state index in [4.69, 9.17) is 26.4 Å². The van der Waals surface area contributed by atoms with Crippen LogP contribution in [0.15, 0.2) is 21.5 Å². The fraction of sp³-hybridized carbons (Fsp3) is 0.421. The van der Waals surface area contributed by atoms with Crippen LogP contribution >= 0.6 is 39.9 Å². The highest BCUT2D eigenvalue weighted by molar-refractivity contribution is 9.10. The van der Waals surface area contributed by atoms with Gasteiger partial charge in [-0.3, -0.25) is 9.69 Å². The first kappa shape index (κ1) is 22.1. The number of halogens is 1. The molecule has 0 bridgehead atoms. The van der Waals surface area contributed by atoms with Crippen molar-refractivity contribution in [3.8, 4) is 11.5 Å². The SMILES string of the molecule is COC(=O)COc1cc(Br)c(/C=C2\SC(=S)N(C[C@H]3CCCO3)C2=O)cc1OC. The molecule has 10 heteroatoms. The molecule has 0 unspecified atom stereocenters. The van der Waals surface area contributed by atoms with Crippen molar-refractivity contribution >= 4 is 62.2 Å². The lowest BCUT2D eigenvalue weighted by Gasteiger charge is -2.18. The Morgan fingerprint density at radius 3 is 2.86 bits per heavy atom. The number of methoxy groups -OCH3 is 2. The van der Waals surface area contributed by atoms with E-state index >= 15 is 0 Å². The van der Waals surface area contributed by atoms with Crippen LogP contribution in [0.5, 0.6) is 11.5 Å². The van der Waals surface area contributed by atoms with Crippen LogP contribution in [0.3, 0.4) is 0 Å². The van der Waals surface area contributed by atoms with Crippen molar-refractivity contribution < 1.29 is 28.5 Å². The molecule has 7 nitrogen and oxygen atoms in total. The van der Waals surface area contributed by atoms with Crippen LogP contribution in [-0.4, -0.2) is 61.2 Å². The molecule has 0 aliphatic carbocycles. The first-order valence-electron chi connectivity index (χ1n) is 8.87. The molecule has 0 N–H and O–H groups in total. The molecular formula is C19H20BrNO6S2. The molecule has 0 saturated carbocycles. The molecule has 29 heavy (non-hydrogen) atoms. The molecule has 0 aromatic heterocycles. The highest BCUT2D eigenvalue weighted by Crippen LogP contribution is 2.38. The summed E-state index contributed by atoms with van der Waals surface area (Å²) in [4.78, 5) is 26.3. The number of benzene rings is 1. The molecule has 0 radical (unpaired) electrons. The van der Waals surface area contributed by atoms with Gasteiger partial charge >= 0.3 is 5.97 Å². The summed E-state index contributed by atoms with van der Waals surface area (Å²) in [5.74, 6) is 0.181. The van der Waals surface area contributed by atoms with Crippen LogP contribution in [0.4, 0.5) is 0 Å². The van der Waals surface area contributed by atoms with Crippen LogP contribution < -0.4 is 9.47 Å². The van der Waals surface area contributed by atoms with Crippen molar-refractivity contribution in [3.05, 3.63) is 27.1 Å². The number of amides is 1. The zero-order valence-electron chi connectivity index (χ0n) is 15.9. The molecule has 2 heterocycles. The van der Waals surface area contributed by atoms with Gasteiger partial charge in [0.2, 0.25) is 0 Å². The Balaban J connectivity index is 1.79. The Bertz CT molecular complexity index is 853. The normalized spacial score (nSPS) is 20.4. The number of rotatable bonds is 7. The van der Waals surface area contributed by atoms with Gasteiger partial charge in [-0.15, -0.1) is 0 Å². The largest absolute Gasteiger partial charge is 0.493 e. The molecule has 0 spiro atoms. The second-order valence-corrected chi connectivity index (χ2v) is 8.85. The zero-order chi connectivity index (χ0) is 21.0. The van der Waals surface area contributed by atoms with Gasteiger partial charge in [0.15, 0.2) is 18.1 Å². The van der Waals surface area contributed by atoms with E-state index in [2.05, 4.69) is 20.7 Å². The summed E-state index contributed by atoms with van der Waals surface area (Å²) >= 11 is 10.1. The lowest BCUT2D eigenvalue weighted by molar-refractivity contribution is -0.142. The third-order valence-electron chi connectivity index (χ3n) is 4.43. The molecule has 1 amide bonds. The minimum absolute atomic E-state index is 0.0370. The number of carbonyl (C=O) groups is 2. The molecule has 3 rings (SSSR count). The summed E-state index contributed by atoms with van der Waals surface area (Å²) in [5.41, 5.74) is 0.727. The number of esters is 1. The number of thioether (sulfide) groups is 1. The molecular weight excluding hydrogens is 482 g/mol. The Labute approximate surface area is 186 Å². The number of hydrogen-bond donors (Lipinski definition) is 0. The van der Waals surface area contributed by atoms with Crippen molar-refractivity contribution in [2.24, 2.45) is 0 Å². The summed E-state index contributed by atoms with van der Waals surface area (Å²) < 4.78 is 22.2. The van der Waals surface area contributed by atoms with Gasteiger partial charge in [0.25, 0.3) is 5.91 Å². The van der Waals surface area contributed by atoms with E-state index in [0.29, 0.717) is 31.7 Å². The topological polar surface area (TPSA) is 74.3 Å². The monoisotopic (exact) mass is 501 g/mol. The fourth-order valence-electron chi connectivity index (χ4n) is 2.92. The molecule has 2 aliphatic rings. The van der Waals surface area contributed by atoms with E-state index in [1.807, 2.05) is 0 Å². The Morgan fingerprint density at radius 2 is 2.21 bits per heavy atom. The number of carbonyl (C=O) groups excluding carboxylic acids is 2. The Hall–Kier alpha value is -1.62. The van der Waals surface area contributed by atoms with Gasteiger partial charge in [0.05, 0.1) is 31.8 Å². The van der Waals surface area contributed by atoms with Gasteiger partial charge in [-0.05, 0) is 36.6 Å². The summed E-state index contributed by atoms with van der Waals surface area (Å²) in [5, 5.41) is 0. The first-order valence-corrected chi connectivity index (χ1v) is 10.9. The quantitative estimate of drug-likeness (QED) is 0.319. The first-order chi connectivity index (χ1) is 13.9. The van der Waals surface area contributed by atoms with Crippen LogP contribution in [0.25, 0.3) is 6.08 Å². The molecule has 2 aliphatic heterocycles. The van der Waals surface area contributed by atoms with E-state index in [0.717, 1.165) is 25.0 Å². The predicted octanol–water partition coefficient (Wildman–Crippen LogP) is 3.39. The van der Waals surface area contributed by atoms with Crippen molar-refractivity contribution in [1.29, 1.82) is 0 Å². The lowest BCUT2D eigenvalue weighted by Crippen LogP contribution is -2.35. The zero-order valence-corrected chi connectivity index (χ0v) is 19.2. The Kier molecular flexibility index (Phi) is 7.55. The highest BCUT2D eigenvalue weighted by Gasteiger charge is 2.34. The van der Waals surface area contributed by atoms with E-state index < -0.39 is 5.97 Å². The highest BCUT2D eigenvalue weighted by atomic mass is 79.9. The minimum atomic E-state index is -0.498. The van der Waals surface area contributed by atoms with Gasteiger partial charge in [-0.2, -0.15) is 0 Å². The molecule has 1 atom stereocenters. The van der Waals surface area contributed by atoms with Crippen molar-refractivity contribution in [2.75, 3.05) is 34.0 Å². The smallest absolute Gasteiger partial charge is 0.343 e. The van der Waals surface area contributed by atoms with Gasteiger partial charge in [-0.1, -0.05) is 39.9 Å². The second-order valence-electron chi connectivity index (χ2n) is 6.32. The number of nitrogens with zero attached hydrogens (tertiary/aromatic N) is 1. The lowest BCUT2D eigenvalue weighted by atomic mass is 10.1. The average molecular weight is 502 g/mol. The van der Waals surface area contributed by atoms with Gasteiger partial charge in [-0.25, -0.2) is 4.79 Å². The third-order valence-corrected chi connectivity index (χ3v) is 6.49. The second kappa shape index (κ2) is 9.92. The number of ether oxygens (including phenoxy) is 4. The van der Waals surface area contributed by atoms with Gasteiger partial charge < -0.3 is 18.9 Å². The van der Waals surface area contributed by atoms with E-state index in [9.17, 15) is 9.59 Å². The van der Waals surface area contributed by atoms with Crippen LogP contribution in [0.2, 0.25) is 0 Å². The van der Waals surface area contributed by atoms with Crippen molar-refractivity contribution in [1.82, 2.24) is 4.90 Å². The van der Waals surface area contributed by atoms with Gasteiger partial charge in [0, 0.05) is 11.1 Å². The van der Waals surface area contributed by atoms with Crippen molar-refractivity contribution in [3.63, 3.8) is 0 Å². The standard InChI is InChI=1S/C19H20BrNO6S2/c1-24-14-6-11(13(20)8-15(14)27-10-17(22)25-2)7-16-18(23)21(19(28)29-16)9-12-4-3-5-26-12/h6-8,12H,3-5,9-10H2,1-2H3/b16-7-/t12-/m1/s1. The van der Waals surface area contributed by atoms with Crippen LogP contribution in [-0.2, 0) is 19.1 Å². The van der Waals surface area contributed by atoms with E-state index in [1.54, 1.807) is 23.1 Å². The molecule has 2 fully saturated rings. The molecule has 156 valence electrons. The summed E-state index contributed by atoms with van der Waals surface area (Å²) in [7, 11) is 2.79. The van der Waals surface area contributed by atoms with E-state index in [1.165, 1.54) is 26.0 Å². The van der Waals surface area contributed by atoms with Crippen LogP contribution in [0, 0.1) is 0 Å². The Morgan fingerprint density at radius 1 is 1.41 bits per heavy atom. The number of thiocarbonyl (C=S) groups is 1. The van der Waals surface area contributed by atoms with Gasteiger partial charge in [0.1, 0.15) is 4.32 Å². The predicted molar refractivity (Wildman–Crippen MR) is 117 cm³/mol. The maximum Gasteiger partial charge on any atom is 0.343 e. The maximum absolute atomic E-state index is 12.8. The average Bonchev–Trinajstić information content (AvgIpc) is 3.31. The molecule has 2 saturated heterocycles. The van der Waals surface area contributed by atoms with Crippen molar-refractivity contribution in [2.45, 2.75) is 18.9 Å². The van der Waals surface area contributed by atoms with Crippen LogP contribution in [0.1, 0.15) is 18.4 Å². The molecule has 1 aromatic rings. The number of hydrogen-bond acceptors (Lipinski definition) is 8. The summed E-state index contributed by atoms with van der Waals surface area (Å²) in [6.45, 7) is 0.972. The molecule has 1 aromatic carbocycles.